The Morgan fingerprint density at radius 2 is 1.80 bits per heavy atom. The molecule has 0 aliphatic carbocycles. The van der Waals surface area contributed by atoms with Crippen molar-refractivity contribution < 1.29 is 14.3 Å². The first-order valence-corrected chi connectivity index (χ1v) is 7.28. The van der Waals surface area contributed by atoms with Crippen LogP contribution in [0.2, 0.25) is 0 Å². The van der Waals surface area contributed by atoms with Crippen LogP contribution in [0.3, 0.4) is 0 Å². The van der Waals surface area contributed by atoms with Crippen LogP contribution in [0.25, 0.3) is 0 Å². The fraction of sp³-hybridized carbons (Fsp3) is 0.467. The molecule has 1 amide bonds. The number of nitrogens with one attached hydrogen (secondary N) is 1. The van der Waals surface area contributed by atoms with Crippen LogP contribution in [0.4, 0.5) is 0 Å². The average molecular weight is 342 g/mol. The maximum Gasteiger partial charge on any atom is 0.321 e. The fourth-order valence-electron chi connectivity index (χ4n) is 1.62. The number of hydrogen-bond donors (Lipinski definition) is 1. The molecule has 0 aromatic heterocycles. The smallest absolute Gasteiger partial charge is 0.321 e. The molecule has 1 N–H and O–H groups in total. The van der Waals surface area contributed by atoms with Crippen LogP contribution in [0.15, 0.2) is 24.3 Å². The van der Waals surface area contributed by atoms with E-state index in [-0.39, 0.29) is 17.9 Å². The van der Waals surface area contributed by atoms with E-state index in [0.29, 0.717) is 5.56 Å². The molecule has 0 saturated carbocycles. The van der Waals surface area contributed by atoms with Crippen LogP contribution in [0, 0.1) is 0 Å². The lowest BCUT2D eigenvalue weighted by atomic mass is 9.87. The van der Waals surface area contributed by atoms with Gasteiger partial charge in [0, 0.05) is 12.1 Å². The molecule has 0 fully saturated rings. The second-order valence-electron chi connectivity index (χ2n) is 5.53. The van der Waals surface area contributed by atoms with E-state index in [1.165, 1.54) is 12.7 Å². The van der Waals surface area contributed by atoms with Crippen LogP contribution in [-0.2, 0) is 14.9 Å². The number of hydrogen-bond acceptors (Lipinski definition) is 3. The van der Waals surface area contributed by atoms with Gasteiger partial charge in [-0.1, -0.05) is 48.8 Å². The molecule has 1 aromatic rings. The maximum absolute atomic E-state index is 11.9. The minimum absolute atomic E-state index is 0.0564. The van der Waals surface area contributed by atoms with Crippen molar-refractivity contribution in [1.82, 2.24) is 5.32 Å². The Morgan fingerprint density at radius 1 is 1.25 bits per heavy atom. The molecule has 0 spiro atoms. The minimum Gasteiger partial charge on any atom is -0.468 e. The van der Waals surface area contributed by atoms with Crippen molar-refractivity contribution in [1.29, 1.82) is 0 Å². The largest absolute Gasteiger partial charge is 0.468 e. The molecule has 1 aromatic carbocycles. The molecule has 0 aliphatic heterocycles. The highest BCUT2D eigenvalue weighted by molar-refractivity contribution is 9.10. The van der Waals surface area contributed by atoms with Crippen molar-refractivity contribution in [3.8, 4) is 0 Å². The maximum atomic E-state index is 11.9. The van der Waals surface area contributed by atoms with E-state index in [1.807, 2.05) is 12.1 Å². The van der Waals surface area contributed by atoms with Gasteiger partial charge in [-0.15, -0.1) is 0 Å². The Labute approximate surface area is 128 Å². The van der Waals surface area contributed by atoms with Crippen molar-refractivity contribution in [2.24, 2.45) is 0 Å². The lowest BCUT2D eigenvalue weighted by Crippen LogP contribution is -2.33. The van der Waals surface area contributed by atoms with Crippen LogP contribution < -0.4 is 5.32 Å². The highest BCUT2D eigenvalue weighted by atomic mass is 79.9. The number of carbonyl (C=O) groups excluding carboxylic acids is 2. The van der Waals surface area contributed by atoms with Crippen molar-refractivity contribution >= 4 is 27.8 Å². The molecule has 110 valence electrons. The SMILES string of the molecule is COC(=O)C(Br)CNC(=O)c1ccc(C(C)(C)C)cc1. The summed E-state index contributed by atoms with van der Waals surface area (Å²) in [6.45, 7) is 6.54. The summed E-state index contributed by atoms with van der Waals surface area (Å²) < 4.78 is 4.57. The monoisotopic (exact) mass is 341 g/mol. The third-order valence-corrected chi connectivity index (χ3v) is 3.61. The molecule has 1 rings (SSSR count). The Hall–Kier alpha value is -1.36. The summed E-state index contributed by atoms with van der Waals surface area (Å²) in [6.07, 6.45) is 0. The number of carbonyl (C=O) groups is 2. The first-order valence-electron chi connectivity index (χ1n) is 6.36. The summed E-state index contributed by atoms with van der Waals surface area (Å²) in [7, 11) is 1.31. The summed E-state index contributed by atoms with van der Waals surface area (Å²) in [5.41, 5.74) is 1.80. The number of halogens is 1. The zero-order chi connectivity index (χ0) is 15.3. The number of rotatable bonds is 4. The summed E-state index contributed by atoms with van der Waals surface area (Å²) >= 11 is 3.15. The second-order valence-corrected chi connectivity index (χ2v) is 6.63. The Morgan fingerprint density at radius 3 is 2.25 bits per heavy atom. The Balaban J connectivity index is 2.63. The quantitative estimate of drug-likeness (QED) is 0.676. The molecule has 20 heavy (non-hydrogen) atoms. The van der Waals surface area contributed by atoms with Crippen LogP contribution >= 0.6 is 15.9 Å². The Kier molecular flexibility index (Phi) is 5.74. The van der Waals surface area contributed by atoms with E-state index in [9.17, 15) is 9.59 Å². The molecule has 5 heteroatoms. The minimum atomic E-state index is -0.537. The molecule has 0 saturated heterocycles. The van der Waals surface area contributed by atoms with Crippen molar-refractivity contribution in [3.05, 3.63) is 35.4 Å². The number of amides is 1. The standard InChI is InChI=1S/C15H20BrNO3/c1-15(2,3)11-7-5-10(6-8-11)13(18)17-9-12(16)14(19)20-4/h5-8,12H,9H2,1-4H3,(H,17,18). The zero-order valence-corrected chi connectivity index (χ0v) is 13.8. The van der Waals surface area contributed by atoms with E-state index >= 15 is 0 Å². The third kappa shape index (κ3) is 4.63. The zero-order valence-electron chi connectivity index (χ0n) is 12.2. The summed E-state index contributed by atoms with van der Waals surface area (Å²) in [5, 5.41) is 2.69. The number of alkyl halides is 1. The van der Waals surface area contributed by atoms with Crippen molar-refractivity contribution in [3.63, 3.8) is 0 Å². The average Bonchev–Trinajstić information content (AvgIpc) is 2.42. The summed E-state index contributed by atoms with van der Waals surface area (Å²) in [4.78, 5) is 22.6. The lowest BCUT2D eigenvalue weighted by molar-refractivity contribution is -0.139. The van der Waals surface area contributed by atoms with Gasteiger partial charge in [-0.05, 0) is 23.1 Å². The third-order valence-electron chi connectivity index (χ3n) is 2.91. The van der Waals surface area contributed by atoms with Crippen LogP contribution in [-0.4, -0.2) is 30.4 Å². The molecule has 0 heterocycles. The van der Waals surface area contributed by atoms with Gasteiger partial charge in [-0.25, -0.2) is 0 Å². The van der Waals surface area contributed by atoms with Gasteiger partial charge in [0.25, 0.3) is 5.91 Å². The van der Waals surface area contributed by atoms with E-state index in [0.717, 1.165) is 0 Å². The summed E-state index contributed by atoms with van der Waals surface area (Å²) in [6, 6.07) is 7.47. The van der Waals surface area contributed by atoms with E-state index in [2.05, 4.69) is 46.8 Å². The Bertz CT molecular complexity index is 477. The predicted molar refractivity (Wildman–Crippen MR) is 82.2 cm³/mol. The fourth-order valence-corrected chi connectivity index (χ4v) is 1.97. The molecule has 1 unspecified atom stereocenters. The molecule has 4 nitrogen and oxygen atoms in total. The van der Waals surface area contributed by atoms with Crippen molar-refractivity contribution in [2.75, 3.05) is 13.7 Å². The van der Waals surface area contributed by atoms with E-state index < -0.39 is 10.8 Å². The molecule has 0 aliphatic rings. The predicted octanol–water partition coefficient (Wildman–Crippen LogP) is 2.65. The molecule has 0 bridgehead atoms. The van der Waals surface area contributed by atoms with Gasteiger partial charge in [0.15, 0.2) is 0 Å². The van der Waals surface area contributed by atoms with Gasteiger partial charge in [0.2, 0.25) is 0 Å². The number of benzene rings is 1. The molecule has 1 atom stereocenters. The number of esters is 1. The van der Waals surface area contributed by atoms with Crippen LogP contribution in [0.1, 0.15) is 36.7 Å². The summed E-state index contributed by atoms with van der Waals surface area (Å²) in [5.74, 6) is -0.618. The van der Waals surface area contributed by atoms with E-state index in [1.54, 1.807) is 12.1 Å². The number of ether oxygens (including phenoxy) is 1. The van der Waals surface area contributed by atoms with Gasteiger partial charge >= 0.3 is 5.97 Å². The first-order chi connectivity index (χ1) is 9.25. The molecule has 0 radical (unpaired) electrons. The number of methoxy groups -OCH3 is 1. The normalized spacial score (nSPS) is 12.7. The van der Waals surface area contributed by atoms with Gasteiger partial charge in [0.1, 0.15) is 4.83 Å². The van der Waals surface area contributed by atoms with Crippen LogP contribution in [0.5, 0.6) is 0 Å². The highest BCUT2D eigenvalue weighted by Crippen LogP contribution is 2.22. The van der Waals surface area contributed by atoms with E-state index in [4.69, 9.17) is 0 Å². The van der Waals surface area contributed by atoms with Gasteiger partial charge in [-0.2, -0.15) is 0 Å². The highest BCUT2D eigenvalue weighted by Gasteiger charge is 2.17. The van der Waals surface area contributed by atoms with Crippen molar-refractivity contribution in [2.45, 2.75) is 31.0 Å². The molecular formula is C15H20BrNO3. The van der Waals surface area contributed by atoms with Gasteiger partial charge < -0.3 is 10.1 Å². The lowest BCUT2D eigenvalue weighted by Gasteiger charge is -2.19. The second kappa shape index (κ2) is 6.88. The van der Waals surface area contributed by atoms with Gasteiger partial charge in [-0.3, -0.25) is 9.59 Å². The molecular weight excluding hydrogens is 322 g/mol. The first kappa shape index (κ1) is 16.7. The topological polar surface area (TPSA) is 55.4 Å². The van der Waals surface area contributed by atoms with Gasteiger partial charge in [0.05, 0.1) is 7.11 Å².